The minimum Gasteiger partial charge on any atom is -0.332 e. The second-order valence-electron chi connectivity index (χ2n) is 8.07. The van der Waals surface area contributed by atoms with Crippen LogP contribution < -0.4 is 5.73 Å². The Hall–Kier alpha value is -1.35. The lowest BCUT2D eigenvalue weighted by molar-refractivity contribution is -0.141. The first-order valence-electron chi connectivity index (χ1n) is 8.46. The highest BCUT2D eigenvalue weighted by Crippen LogP contribution is 2.53. The van der Waals surface area contributed by atoms with E-state index in [1.807, 2.05) is 30.3 Å². The maximum absolute atomic E-state index is 13.1. The first kappa shape index (κ1) is 15.5. The number of fused-ring (bicyclic) bond motifs is 2. The molecule has 0 aromatic heterocycles. The first-order chi connectivity index (χ1) is 10.3. The molecule has 0 saturated carbocycles. The molecule has 3 heteroatoms. The van der Waals surface area contributed by atoms with Crippen LogP contribution in [0.2, 0.25) is 0 Å². The molecule has 1 amide bonds. The van der Waals surface area contributed by atoms with Gasteiger partial charge in [0, 0.05) is 11.6 Å². The van der Waals surface area contributed by atoms with Gasteiger partial charge in [-0.25, -0.2) is 0 Å². The maximum atomic E-state index is 13.1. The van der Waals surface area contributed by atoms with Gasteiger partial charge in [-0.3, -0.25) is 4.79 Å². The third-order valence-corrected chi connectivity index (χ3v) is 5.68. The number of carbonyl (C=O) groups is 1. The van der Waals surface area contributed by atoms with Crippen molar-refractivity contribution in [2.75, 3.05) is 0 Å². The normalized spacial score (nSPS) is 31.1. The molecular formula is C19H28N2O. The number of amides is 1. The largest absolute Gasteiger partial charge is 0.332 e. The van der Waals surface area contributed by atoms with Crippen molar-refractivity contribution in [3.63, 3.8) is 0 Å². The minimum absolute atomic E-state index is 0.00217. The second kappa shape index (κ2) is 5.38. The molecule has 1 aromatic carbocycles. The molecule has 2 aliphatic rings. The highest BCUT2D eigenvalue weighted by molar-refractivity contribution is 5.83. The molecule has 2 saturated heterocycles. The van der Waals surface area contributed by atoms with Crippen molar-refractivity contribution in [2.24, 2.45) is 11.1 Å². The third kappa shape index (κ3) is 2.56. The van der Waals surface area contributed by atoms with Gasteiger partial charge in [0.25, 0.3) is 0 Å². The van der Waals surface area contributed by atoms with E-state index in [9.17, 15) is 4.79 Å². The van der Waals surface area contributed by atoms with E-state index in [-0.39, 0.29) is 16.9 Å². The average Bonchev–Trinajstić information content (AvgIpc) is 2.57. The van der Waals surface area contributed by atoms with Gasteiger partial charge in [0.2, 0.25) is 5.91 Å². The molecule has 120 valence electrons. The lowest BCUT2D eigenvalue weighted by Crippen LogP contribution is -2.57. The Kier molecular flexibility index (Phi) is 3.80. The summed E-state index contributed by atoms with van der Waals surface area (Å²) in [7, 11) is 0. The van der Waals surface area contributed by atoms with Gasteiger partial charge >= 0.3 is 0 Å². The zero-order chi connectivity index (χ0) is 16.0. The average molecular weight is 300 g/mol. The highest BCUT2D eigenvalue weighted by Gasteiger charge is 2.57. The van der Waals surface area contributed by atoms with Crippen LogP contribution in [0, 0.1) is 5.41 Å². The molecule has 1 aromatic rings. The predicted octanol–water partition coefficient (Wildman–Crippen LogP) is 3.13. The number of piperidine rings is 1. The summed E-state index contributed by atoms with van der Waals surface area (Å²) in [5.41, 5.74) is 7.62. The van der Waals surface area contributed by atoms with Gasteiger partial charge < -0.3 is 10.6 Å². The minimum atomic E-state index is -0.434. The molecule has 2 bridgehead atoms. The molecule has 0 radical (unpaired) electrons. The summed E-state index contributed by atoms with van der Waals surface area (Å²) in [5.74, 6) is 0.140. The van der Waals surface area contributed by atoms with Crippen molar-refractivity contribution in [1.82, 2.24) is 4.90 Å². The Morgan fingerprint density at radius 3 is 2.64 bits per heavy atom. The number of carbonyl (C=O) groups excluding carboxylic acids is 1. The zero-order valence-electron chi connectivity index (χ0n) is 14.0. The van der Waals surface area contributed by atoms with Crippen molar-refractivity contribution in [3.8, 4) is 0 Å². The smallest absolute Gasteiger partial charge is 0.240 e. The zero-order valence-corrected chi connectivity index (χ0v) is 14.0. The van der Waals surface area contributed by atoms with E-state index >= 15 is 0 Å². The summed E-state index contributed by atoms with van der Waals surface area (Å²) in [6.45, 7) is 6.86. The third-order valence-electron chi connectivity index (χ3n) is 5.68. The van der Waals surface area contributed by atoms with Crippen LogP contribution in [-0.4, -0.2) is 28.4 Å². The van der Waals surface area contributed by atoms with Crippen LogP contribution in [-0.2, 0) is 11.2 Å². The number of benzene rings is 1. The van der Waals surface area contributed by atoms with Crippen molar-refractivity contribution in [3.05, 3.63) is 35.9 Å². The summed E-state index contributed by atoms with van der Waals surface area (Å²) >= 11 is 0. The first-order valence-corrected chi connectivity index (χ1v) is 8.46. The molecule has 2 N–H and O–H groups in total. The van der Waals surface area contributed by atoms with Crippen LogP contribution in [0.4, 0.5) is 0 Å². The molecule has 2 heterocycles. The second-order valence-corrected chi connectivity index (χ2v) is 8.07. The van der Waals surface area contributed by atoms with Gasteiger partial charge in [-0.15, -0.1) is 0 Å². The number of hydrogen-bond acceptors (Lipinski definition) is 2. The fourth-order valence-corrected chi connectivity index (χ4v) is 4.87. The molecular weight excluding hydrogens is 272 g/mol. The summed E-state index contributed by atoms with van der Waals surface area (Å²) < 4.78 is 0. The number of hydrogen-bond donors (Lipinski definition) is 1. The SMILES string of the molecule is CC1(C)C[C@]2(C)CCC[C@H]1N2C(=O)[C@@H](N)Cc1ccccc1. The summed E-state index contributed by atoms with van der Waals surface area (Å²) in [6.07, 6.45) is 5.17. The molecule has 3 rings (SSSR count). The Labute approximate surface area is 133 Å². The van der Waals surface area contributed by atoms with E-state index < -0.39 is 6.04 Å². The molecule has 2 fully saturated rings. The van der Waals surface area contributed by atoms with E-state index in [0.717, 1.165) is 24.8 Å². The van der Waals surface area contributed by atoms with Crippen molar-refractivity contribution >= 4 is 5.91 Å². The summed E-state index contributed by atoms with van der Waals surface area (Å²) in [6, 6.07) is 10.00. The van der Waals surface area contributed by atoms with Crippen LogP contribution in [0.25, 0.3) is 0 Å². The van der Waals surface area contributed by atoms with Gasteiger partial charge in [-0.05, 0) is 50.0 Å². The van der Waals surface area contributed by atoms with Gasteiger partial charge in [-0.1, -0.05) is 44.2 Å². The Bertz CT molecular complexity index is 554. The van der Waals surface area contributed by atoms with Crippen LogP contribution in [0.3, 0.4) is 0 Å². The number of nitrogens with zero attached hydrogens (tertiary/aromatic N) is 1. The van der Waals surface area contributed by atoms with Crippen LogP contribution in [0.1, 0.15) is 52.0 Å². The highest BCUT2D eigenvalue weighted by atomic mass is 16.2. The molecule has 2 aliphatic heterocycles. The van der Waals surface area contributed by atoms with Crippen molar-refractivity contribution in [2.45, 2.75) is 70.5 Å². The molecule has 0 unspecified atom stereocenters. The van der Waals surface area contributed by atoms with Crippen LogP contribution >= 0.6 is 0 Å². The molecule has 3 atom stereocenters. The predicted molar refractivity (Wildman–Crippen MR) is 89.4 cm³/mol. The van der Waals surface area contributed by atoms with E-state index in [2.05, 4.69) is 25.7 Å². The topological polar surface area (TPSA) is 46.3 Å². The van der Waals surface area contributed by atoms with Gasteiger partial charge in [0.15, 0.2) is 0 Å². The van der Waals surface area contributed by atoms with E-state index in [1.165, 1.54) is 6.42 Å². The monoisotopic (exact) mass is 300 g/mol. The fraction of sp³-hybridized carbons (Fsp3) is 0.632. The van der Waals surface area contributed by atoms with Gasteiger partial charge in [-0.2, -0.15) is 0 Å². The molecule has 0 spiro atoms. The van der Waals surface area contributed by atoms with E-state index in [4.69, 9.17) is 5.73 Å². The Balaban J connectivity index is 1.79. The fourth-order valence-electron chi connectivity index (χ4n) is 4.87. The lowest BCUT2D eigenvalue weighted by atomic mass is 9.82. The van der Waals surface area contributed by atoms with Crippen molar-refractivity contribution < 1.29 is 4.79 Å². The van der Waals surface area contributed by atoms with Crippen LogP contribution in [0.5, 0.6) is 0 Å². The lowest BCUT2D eigenvalue weighted by Gasteiger charge is -2.44. The quantitative estimate of drug-likeness (QED) is 0.932. The summed E-state index contributed by atoms with van der Waals surface area (Å²) in [4.78, 5) is 15.2. The van der Waals surface area contributed by atoms with E-state index in [0.29, 0.717) is 12.5 Å². The van der Waals surface area contributed by atoms with Gasteiger partial charge in [0.05, 0.1) is 6.04 Å². The number of rotatable bonds is 3. The standard InChI is InChI=1S/C19H28N2O/c1-18(2)13-19(3)11-7-10-16(18)21(19)17(22)15(20)12-14-8-5-4-6-9-14/h4-6,8-9,15-16H,7,10-13,20H2,1-3H3/t15-,16+,19-/m0/s1. The van der Waals surface area contributed by atoms with Crippen LogP contribution in [0.15, 0.2) is 30.3 Å². The Morgan fingerprint density at radius 2 is 2.00 bits per heavy atom. The number of nitrogens with two attached hydrogens (primary N) is 1. The molecule has 0 aliphatic carbocycles. The summed E-state index contributed by atoms with van der Waals surface area (Å²) in [5, 5.41) is 0. The molecule has 22 heavy (non-hydrogen) atoms. The van der Waals surface area contributed by atoms with Gasteiger partial charge in [0.1, 0.15) is 0 Å². The van der Waals surface area contributed by atoms with Crippen molar-refractivity contribution in [1.29, 1.82) is 0 Å². The van der Waals surface area contributed by atoms with E-state index in [1.54, 1.807) is 0 Å². The molecule has 3 nitrogen and oxygen atoms in total. The maximum Gasteiger partial charge on any atom is 0.240 e. The Morgan fingerprint density at radius 1 is 1.32 bits per heavy atom.